The van der Waals surface area contributed by atoms with Crippen molar-refractivity contribution < 1.29 is 9.59 Å². The molecule has 1 saturated heterocycles. The maximum atomic E-state index is 12.6. The average molecular weight is 355 g/mol. The molecule has 1 fully saturated rings. The topological polar surface area (TPSA) is 64.4 Å². The molecule has 1 aromatic rings. The molecule has 2 rings (SSSR count). The van der Waals surface area contributed by atoms with Gasteiger partial charge in [0.2, 0.25) is 5.91 Å². The molecule has 0 spiro atoms. The second kappa shape index (κ2) is 9.96. The van der Waals surface area contributed by atoms with Crippen LogP contribution in [-0.2, 0) is 4.79 Å². The van der Waals surface area contributed by atoms with Crippen LogP contribution in [0.1, 0.15) is 61.9 Å². The molecule has 1 unspecified atom stereocenters. The summed E-state index contributed by atoms with van der Waals surface area (Å²) in [5.41, 5.74) is 1.02. The van der Waals surface area contributed by atoms with E-state index in [1.165, 1.54) is 12.8 Å². The Balaban J connectivity index is 1.87. The third-order valence-electron chi connectivity index (χ3n) is 5.16. The van der Waals surface area contributed by atoms with E-state index in [1.807, 2.05) is 4.90 Å². The minimum absolute atomic E-state index is 0.0661. The van der Waals surface area contributed by atoms with Crippen molar-refractivity contribution in [1.82, 2.24) is 9.80 Å². The Morgan fingerprint density at radius 1 is 1.15 bits per heavy atom. The number of unbranched alkanes of at least 4 members (excludes halogenated alkanes) is 1. The first-order valence-electron chi connectivity index (χ1n) is 9.66. The number of hydrogen-bond acceptors (Lipinski definition) is 3. The van der Waals surface area contributed by atoms with Crippen molar-refractivity contribution in [3.05, 3.63) is 35.4 Å². The van der Waals surface area contributed by atoms with Crippen molar-refractivity contribution in [3.8, 4) is 6.07 Å². The smallest absolute Gasteiger partial charge is 0.254 e. The summed E-state index contributed by atoms with van der Waals surface area (Å²) in [6.07, 6.45) is 5.12. The van der Waals surface area contributed by atoms with Gasteiger partial charge in [0, 0.05) is 38.2 Å². The SMILES string of the molecule is CCCCC(CC)CC(=O)N1CCN(C(=O)c2cccc(C#N)c2)CC1. The lowest BCUT2D eigenvalue weighted by molar-refractivity contribution is -0.133. The summed E-state index contributed by atoms with van der Waals surface area (Å²) in [6, 6.07) is 8.84. The van der Waals surface area contributed by atoms with Gasteiger partial charge in [0.05, 0.1) is 11.6 Å². The van der Waals surface area contributed by atoms with E-state index in [4.69, 9.17) is 5.26 Å². The van der Waals surface area contributed by atoms with Gasteiger partial charge in [-0.1, -0.05) is 39.2 Å². The first-order valence-corrected chi connectivity index (χ1v) is 9.66. The highest BCUT2D eigenvalue weighted by Crippen LogP contribution is 2.19. The van der Waals surface area contributed by atoms with E-state index in [0.717, 1.165) is 12.8 Å². The highest BCUT2D eigenvalue weighted by molar-refractivity contribution is 5.94. The number of hydrogen-bond donors (Lipinski definition) is 0. The molecule has 1 heterocycles. The monoisotopic (exact) mass is 355 g/mol. The number of nitrogens with zero attached hydrogens (tertiary/aromatic N) is 3. The molecule has 1 aliphatic rings. The van der Waals surface area contributed by atoms with Gasteiger partial charge >= 0.3 is 0 Å². The summed E-state index contributed by atoms with van der Waals surface area (Å²) >= 11 is 0. The van der Waals surface area contributed by atoms with Crippen molar-refractivity contribution in [2.45, 2.75) is 46.0 Å². The molecule has 5 nitrogen and oxygen atoms in total. The Labute approximate surface area is 156 Å². The van der Waals surface area contributed by atoms with Crippen LogP contribution in [0.3, 0.4) is 0 Å². The molecule has 0 radical (unpaired) electrons. The minimum Gasteiger partial charge on any atom is -0.339 e. The molecular weight excluding hydrogens is 326 g/mol. The van der Waals surface area contributed by atoms with Crippen molar-refractivity contribution in [2.24, 2.45) is 5.92 Å². The van der Waals surface area contributed by atoms with Gasteiger partial charge in [0.25, 0.3) is 5.91 Å². The van der Waals surface area contributed by atoms with E-state index in [2.05, 4.69) is 19.9 Å². The first kappa shape index (κ1) is 20.0. The number of amides is 2. The fourth-order valence-electron chi connectivity index (χ4n) is 3.38. The average Bonchev–Trinajstić information content (AvgIpc) is 2.70. The van der Waals surface area contributed by atoms with E-state index in [9.17, 15) is 9.59 Å². The predicted octanol–water partition coefficient (Wildman–Crippen LogP) is 3.45. The van der Waals surface area contributed by atoms with E-state index in [0.29, 0.717) is 49.6 Å². The minimum atomic E-state index is -0.0661. The van der Waals surface area contributed by atoms with Gasteiger partial charge in [-0.3, -0.25) is 9.59 Å². The summed E-state index contributed by atoms with van der Waals surface area (Å²) in [6.45, 7) is 6.61. The van der Waals surface area contributed by atoms with Crippen molar-refractivity contribution in [1.29, 1.82) is 5.26 Å². The van der Waals surface area contributed by atoms with Crippen LogP contribution in [0.4, 0.5) is 0 Å². The molecule has 26 heavy (non-hydrogen) atoms. The summed E-state index contributed by atoms with van der Waals surface area (Å²) in [5, 5.41) is 8.98. The number of carbonyl (C=O) groups is 2. The standard InChI is InChI=1S/C21H29N3O2/c1-3-5-7-17(4-2)15-20(25)23-10-12-24(13-11-23)21(26)19-9-6-8-18(14-19)16-22/h6,8-9,14,17H,3-5,7,10-13,15H2,1-2H3. The maximum Gasteiger partial charge on any atom is 0.254 e. The van der Waals surface area contributed by atoms with E-state index in [1.54, 1.807) is 29.2 Å². The second-order valence-corrected chi connectivity index (χ2v) is 6.99. The molecule has 0 N–H and O–H groups in total. The Morgan fingerprint density at radius 3 is 2.46 bits per heavy atom. The van der Waals surface area contributed by atoms with Crippen molar-refractivity contribution in [3.63, 3.8) is 0 Å². The van der Waals surface area contributed by atoms with Crippen LogP contribution >= 0.6 is 0 Å². The van der Waals surface area contributed by atoms with E-state index < -0.39 is 0 Å². The number of carbonyl (C=O) groups excluding carboxylic acids is 2. The summed E-state index contributed by atoms with van der Waals surface area (Å²) in [7, 11) is 0. The number of nitriles is 1. The van der Waals surface area contributed by atoms with Crippen LogP contribution in [-0.4, -0.2) is 47.8 Å². The zero-order valence-electron chi connectivity index (χ0n) is 15.9. The predicted molar refractivity (Wildman–Crippen MR) is 102 cm³/mol. The molecule has 1 aromatic carbocycles. The quantitative estimate of drug-likeness (QED) is 0.752. The van der Waals surface area contributed by atoms with Crippen molar-refractivity contribution >= 4 is 11.8 Å². The molecule has 140 valence electrons. The molecule has 0 saturated carbocycles. The number of benzene rings is 1. The molecule has 0 aliphatic carbocycles. The van der Waals surface area contributed by atoms with Gasteiger partial charge in [0.1, 0.15) is 0 Å². The van der Waals surface area contributed by atoms with Crippen LogP contribution in [0.5, 0.6) is 0 Å². The van der Waals surface area contributed by atoms with Crippen LogP contribution < -0.4 is 0 Å². The van der Waals surface area contributed by atoms with Gasteiger partial charge in [0.15, 0.2) is 0 Å². The molecule has 5 heteroatoms. The molecule has 0 bridgehead atoms. The summed E-state index contributed by atoms with van der Waals surface area (Å²) in [5.74, 6) is 0.617. The van der Waals surface area contributed by atoms with Gasteiger partial charge in [-0.2, -0.15) is 5.26 Å². The van der Waals surface area contributed by atoms with Gasteiger partial charge in [-0.15, -0.1) is 0 Å². The fraction of sp³-hybridized carbons (Fsp3) is 0.571. The summed E-state index contributed by atoms with van der Waals surface area (Å²) in [4.78, 5) is 28.8. The number of piperazine rings is 1. The normalized spacial score (nSPS) is 15.4. The molecule has 0 aromatic heterocycles. The lowest BCUT2D eigenvalue weighted by atomic mass is 9.95. The Bertz CT molecular complexity index is 657. The molecule has 1 aliphatic heterocycles. The van der Waals surface area contributed by atoms with Crippen LogP contribution in [0.25, 0.3) is 0 Å². The Morgan fingerprint density at radius 2 is 1.85 bits per heavy atom. The third-order valence-corrected chi connectivity index (χ3v) is 5.16. The second-order valence-electron chi connectivity index (χ2n) is 6.99. The van der Waals surface area contributed by atoms with E-state index in [-0.39, 0.29) is 11.8 Å². The maximum absolute atomic E-state index is 12.6. The molecule has 2 amide bonds. The lowest BCUT2D eigenvalue weighted by Crippen LogP contribution is -2.50. The fourth-order valence-corrected chi connectivity index (χ4v) is 3.38. The lowest BCUT2D eigenvalue weighted by Gasteiger charge is -2.35. The van der Waals surface area contributed by atoms with Crippen LogP contribution in [0, 0.1) is 17.2 Å². The first-order chi connectivity index (χ1) is 12.6. The van der Waals surface area contributed by atoms with Crippen molar-refractivity contribution in [2.75, 3.05) is 26.2 Å². The van der Waals surface area contributed by atoms with Crippen LogP contribution in [0.2, 0.25) is 0 Å². The third kappa shape index (κ3) is 5.32. The summed E-state index contributed by atoms with van der Waals surface area (Å²) < 4.78 is 0. The van der Waals surface area contributed by atoms with Crippen LogP contribution in [0.15, 0.2) is 24.3 Å². The highest BCUT2D eigenvalue weighted by Gasteiger charge is 2.26. The van der Waals surface area contributed by atoms with Gasteiger partial charge in [-0.05, 0) is 30.5 Å². The zero-order chi connectivity index (χ0) is 18.9. The molecular formula is C21H29N3O2. The largest absolute Gasteiger partial charge is 0.339 e. The molecule has 1 atom stereocenters. The Hall–Kier alpha value is -2.35. The Kier molecular flexibility index (Phi) is 7.65. The van der Waals surface area contributed by atoms with Gasteiger partial charge in [-0.25, -0.2) is 0 Å². The number of rotatable bonds is 7. The van der Waals surface area contributed by atoms with E-state index >= 15 is 0 Å². The highest BCUT2D eigenvalue weighted by atomic mass is 16.2. The van der Waals surface area contributed by atoms with Gasteiger partial charge < -0.3 is 9.80 Å². The zero-order valence-corrected chi connectivity index (χ0v) is 15.9.